The predicted octanol–water partition coefficient (Wildman–Crippen LogP) is 1.06. The minimum Gasteiger partial charge on any atom is -0.468 e. The molecule has 0 aliphatic heterocycles. The third kappa shape index (κ3) is 4.59. The minimum atomic E-state index is -0.671. The number of hydrogen-bond donors (Lipinski definition) is 0. The molecule has 2 aromatic rings. The van der Waals surface area contributed by atoms with Gasteiger partial charge in [-0.2, -0.15) is 0 Å². The summed E-state index contributed by atoms with van der Waals surface area (Å²) in [5.41, 5.74) is -0.318. The topological polar surface area (TPSA) is 85.9 Å². The third-order valence-corrected chi connectivity index (χ3v) is 4.40. The zero-order valence-electron chi connectivity index (χ0n) is 14.7. The van der Waals surface area contributed by atoms with Gasteiger partial charge in [0.25, 0.3) is 5.56 Å². The summed E-state index contributed by atoms with van der Waals surface area (Å²) < 4.78 is 7.08. The van der Waals surface area contributed by atoms with Crippen LogP contribution >= 0.6 is 22.6 Å². The first-order chi connectivity index (χ1) is 12.3. The fraction of sp³-hybridized carbons (Fsp3) is 0.294. The molecule has 0 bridgehead atoms. The minimum absolute atomic E-state index is 0.219. The third-order valence-electron chi connectivity index (χ3n) is 3.46. The van der Waals surface area contributed by atoms with Crippen molar-refractivity contribution >= 4 is 40.7 Å². The maximum atomic E-state index is 12.9. The van der Waals surface area contributed by atoms with Crippen molar-refractivity contribution in [1.82, 2.24) is 14.0 Å². The van der Waals surface area contributed by atoms with Gasteiger partial charge in [-0.15, -0.1) is 0 Å². The molecule has 0 amide bonds. The molecule has 26 heavy (non-hydrogen) atoms. The van der Waals surface area contributed by atoms with E-state index in [1.165, 1.54) is 18.0 Å². The van der Waals surface area contributed by atoms with Crippen molar-refractivity contribution < 1.29 is 9.53 Å². The molecule has 8 nitrogen and oxygen atoms in total. The number of esters is 1. The Balaban J connectivity index is 2.68. The Bertz CT molecular complexity index is 932. The number of methoxy groups -OCH3 is 1. The number of aliphatic imine (C=N–C) groups is 1. The van der Waals surface area contributed by atoms with E-state index in [0.717, 1.165) is 10.1 Å². The highest BCUT2D eigenvalue weighted by atomic mass is 127. The molecule has 0 unspecified atom stereocenters. The van der Waals surface area contributed by atoms with Crippen molar-refractivity contribution in [1.29, 1.82) is 0 Å². The van der Waals surface area contributed by atoms with Crippen LogP contribution in [0.2, 0.25) is 0 Å². The number of carbonyl (C=O) groups is 1. The Morgan fingerprint density at radius 1 is 1.23 bits per heavy atom. The lowest BCUT2D eigenvalue weighted by Crippen LogP contribution is -2.43. The van der Waals surface area contributed by atoms with Gasteiger partial charge in [0.1, 0.15) is 10.1 Å². The molecule has 0 radical (unpaired) electrons. The fourth-order valence-corrected chi connectivity index (χ4v) is 2.92. The molecule has 2 rings (SSSR count). The smallest absolute Gasteiger partial charge is 0.333 e. The summed E-state index contributed by atoms with van der Waals surface area (Å²) in [6.45, 7) is -0.228. The van der Waals surface area contributed by atoms with Crippen LogP contribution in [0.1, 0.15) is 5.56 Å². The molecule has 0 aliphatic carbocycles. The van der Waals surface area contributed by atoms with Crippen LogP contribution in [0.3, 0.4) is 0 Å². The number of nitrogens with zero attached hydrogens (tertiary/aromatic N) is 4. The predicted molar refractivity (Wildman–Crippen MR) is 107 cm³/mol. The standard InChI is InChI=1S/C17H19IN4O4/c1-20(2)11-19-15-14(18)16(24)22(10-13(23)26-3)17(25)21(15)9-12-7-5-4-6-8-12/h4-8,11H,9-10H2,1-3H3. The second kappa shape index (κ2) is 8.79. The van der Waals surface area contributed by atoms with Gasteiger partial charge in [0.2, 0.25) is 0 Å². The van der Waals surface area contributed by atoms with E-state index >= 15 is 0 Å². The quantitative estimate of drug-likeness (QED) is 0.273. The number of benzene rings is 1. The number of aromatic nitrogens is 2. The zero-order valence-corrected chi connectivity index (χ0v) is 16.8. The van der Waals surface area contributed by atoms with Crippen LogP contribution in [0.5, 0.6) is 0 Å². The normalized spacial score (nSPS) is 10.9. The van der Waals surface area contributed by atoms with E-state index in [2.05, 4.69) is 9.73 Å². The van der Waals surface area contributed by atoms with Gasteiger partial charge in [-0.25, -0.2) is 14.4 Å². The van der Waals surface area contributed by atoms with Crippen molar-refractivity contribution in [3.63, 3.8) is 0 Å². The van der Waals surface area contributed by atoms with Crippen LogP contribution in [-0.2, 0) is 22.6 Å². The summed E-state index contributed by atoms with van der Waals surface area (Å²) in [6.07, 6.45) is 1.52. The van der Waals surface area contributed by atoms with Crippen molar-refractivity contribution in [2.24, 2.45) is 4.99 Å². The monoisotopic (exact) mass is 470 g/mol. The molecule has 1 aromatic heterocycles. The van der Waals surface area contributed by atoms with Crippen molar-refractivity contribution in [2.45, 2.75) is 13.1 Å². The Kier molecular flexibility index (Phi) is 6.72. The molecule has 0 spiro atoms. The maximum absolute atomic E-state index is 12.9. The molecule has 0 saturated carbocycles. The maximum Gasteiger partial charge on any atom is 0.333 e. The summed E-state index contributed by atoms with van der Waals surface area (Å²) >= 11 is 1.84. The van der Waals surface area contributed by atoms with Gasteiger partial charge in [0, 0.05) is 14.1 Å². The zero-order chi connectivity index (χ0) is 19.3. The van der Waals surface area contributed by atoms with E-state index in [-0.39, 0.29) is 15.9 Å². The second-order valence-corrected chi connectivity index (χ2v) is 6.75. The molecule has 0 saturated heterocycles. The molecule has 0 aliphatic rings. The fourth-order valence-electron chi connectivity index (χ4n) is 2.19. The van der Waals surface area contributed by atoms with E-state index in [0.29, 0.717) is 0 Å². The SMILES string of the molecule is COC(=O)Cn1c(=O)c(I)c(N=CN(C)C)n(Cc2ccccc2)c1=O. The first-order valence-corrected chi connectivity index (χ1v) is 8.77. The molecule has 0 fully saturated rings. The van der Waals surface area contributed by atoms with Crippen LogP contribution in [0.25, 0.3) is 0 Å². The summed E-state index contributed by atoms with van der Waals surface area (Å²) in [6, 6.07) is 9.33. The Hall–Kier alpha value is -2.43. The van der Waals surface area contributed by atoms with E-state index in [1.54, 1.807) is 19.0 Å². The van der Waals surface area contributed by atoms with Gasteiger partial charge in [0.15, 0.2) is 5.82 Å². The van der Waals surface area contributed by atoms with Gasteiger partial charge < -0.3 is 9.64 Å². The van der Waals surface area contributed by atoms with Crippen molar-refractivity contribution in [3.8, 4) is 0 Å². The van der Waals surface area contributed by atoms with Gasteiger partial charge in [-0.05, 0) is 28.2 Å². The van der Waals surface area contributed by atoms with Crippen molar-refractivity contribution in [2.75, 3.05) is 21.2 Å². The summed E-state index contributed by atoms with van der Waals surface area (Å²) in [5, 5.41) is 0. The molecule has 0 atom stereocenters. The summed E-state index contributed by atoms with van der Waals surface area (Å²) in [7, 11) is 4.78. The lowest BCUT2D eigenvalue weighted by atomic mass is 10.2. The molecular formula is C17H19IN4O4. The number of rotatable bonds is 6. The van der Waals surface area contributed by atoms with Gasteiger partial charge in [0.05, 0.1) is 20.0 Å². The molecule has 9 heteroatoms. The van der Waals surface area contributed by atoms with Crippen molar-refractivity contribution in [3.05, 3.63) is 60.3 Å². The number of ether oxygens (including phenoxy) is 1. The number of carbonyl (C=O) groups excluding carboxylic acids is 1. The van der Waals surface area contributed by atoms with Crippen LogP contribution in [0.15, 0.2) is 44.9 Å². The lowest BCUT2D eigenvalue weighted by Gasteiger charge is -2.15. The average molecular weight is 470 g/mol. The van der Waals surface area contributed by atoms with E-state index in [9.17, 15) is 14.4 Å². The summed E-state index contributed by atoms with van der Waals surface area (Å²) in [4.78, 5) is 43.0. The van der Waals surface area contributed by atoms with Crippen LogP contribution in [0.4, 0.5) is 5.82 Å². The van der Waals surface area contributed by atoms with Crippen LogP contribution in [-0.4, -0.2) is 47.5 Å². The number of hydrogen-bond acceptors (Lipinski definition) is 5. The molecule has 0 N–H and O–H groups in total. The molecular weight excluding hydrogens is 451 g/mol. The highest BCUT2D eigenvalue weighted by Crippen LogP contribution is 2.17. The largest absolute Gasteiger partial charge is 0.468 e. The van der Waals surface area contributed by atoms with Gasteiger partial charge in [-0.1, -0.05) is 30.3 Å². The molecule has 138 valence electrons. The Labute approximate surface area is 163 Å². The van der Waals surface area contributed by atoms with E-state index in [1.807, 2.05) is 52.9 Å². The van der Waals surface area contributed by atoms with Gasteiger partial charge >= 0.3 is 11.7 Å². The molecule has 1 aromatic carbocycles. The first-order valence-electron chi connectivity index (χ1n) is 7.69. The Morgan fingerprint density at radius 3 is 2.46 bits per heavy atom. The highest BCUT2D eigenvalue weighted by molar-refractivity contribution is 14.1. The lowest BCUT2D eigenvalue weighted by molar-refractivity contribution is -0.141. The first kappa shape index (κ1) is 19.9. The molecule has 1 heterocycles. The average Bonchev–Trinajstić information content (AvgIpc) is 2.63. The van der Waals surface area contributed by atoms with Crippen LogP contribution < -0.4 is 11.2 Å². The Morgan fingerprint density at radius 2 is 1.88 bits per heavy atom. The number of halogens is 1. The van der Waals surface area contributed by atoms with E-state index < -0.39 is 23.8 Å². The summed E-state index contributed by atoms with van der Waals surface area (Å²) in [5.74, 6) is -0.421. The highest BCUT2D eigenvalue weighted by Gasteiger charge is 2.19. The van der Waals surface area contributed by atoms with Gasteiger partial charge in [-0.3, -0.25) is 14.2 Å². The van der Waals surface area contributed by atoms with Crippen LogP contribution in [0, 0.1) is 3.57 Å². The van der Waals surface area contributed by atoms with E-state index in [4.69, 9.17) is 0 Å². The second-order valence-electron chi connectivity index (χ2n) is 5.67.